The number of allylic oxidation sites excluding steroid dienone is 1. The Morgan fingerprint density at radius 2 is 1.84 bits per heavy atom. The first kappa shape index (κ1) is 24.2. The molecule has 1 unspecified atom stereocenters. The van der Waals surface area contributed by atoms with E-state index in [1.54, 1.807) is 17.0 Å². The third-order valence-electron chi connectivity index (χ3n) is 6.33. The average molecular weight is 499 g/mol. The average Bonchev–Trinajstić information content (AvgIpc) is 3.39. The molecule has 8 heteroatoms. The molecule has 1 atom stereocenters. The first-order valence-corrected chi connectivity index (χ1v) is 12.2. The van der Waals surface area contributed by atoms with E-state index in [0.29, 0.717) is 36.4 Å². The predicted molar refractivity (Wildman–Crippen MR) is 138 cm³/mol. The van der Waals surface area contributed by atoms with Crippen molar-refractivity contribution in [3.8, 4) is 17.1 Å². The van der Waals surface area contributed by atoms with E-state index in [2.05, 4.69) is 15.5 Å². The zero-order chi connectivity index (χ0) is 25.8. The molecule has 7 nitrogen and oxygen atoms in total. The van der Waals surface area contributed by atoms with Crippen LogP contribution in [-0.4, -0.2) is 34.2 Å². The van der Waals surface area contributed by atoms with E-state index in [4.69, 9.17) is 9.26 Å². The molecule has 4 aromatic rings. The summed E-state index contributed by atoms with van der Waals surface area (Å²) in [6, 6.07) is 22.9. The largest absolute Gasteiger partial charge is 0.494 e. The number of aromatic nitrogens is 2. The standard InChI is InChI=1S/C29H27FN4O3/c1-3-36-24-14-12-21(13-15-24)26-25(28-32-27(33-37-28)22-10-7-11-23(30)18-22)19(2)34(29(35)31-26)17-16-20-8-5-4-6-9-20/h4-15,18,26H,3,16-17H2,1-2H3,(H,31,35). The van der Waals surface area contributed by atoms with Crippen molar-refractivity contribution in [3.05, 3.63) is 107 Å². The second kappa shape index (κ2) is 10.7. The van der Waals surface area contributed by atoms with E-state index in [1.165, 1.54) is 12.1 Å². The van der Waals surface area contributed by atoms with Gasteiger partial charge in [-0.15, -0.1) is 0 Å². The summed E-state index contributed by atoms with van der Waals surface area (Å²) in [4.78, 5) is 19.6. The highest BCUT2D eigenvalue weighted by atomic mass is 19.1. The SMILES string of the molecule is CCOc1ccc(C2NC(=O)N(CCc3ccccc3)C(C)=C2c2nc(-c3cccc(F)c3)no2)cc1. The molecule has 0 bridgehead atoms. The maximum absolute atomic E-state index is 13.8. The number of amides is 2. The van der Waals surface area contributed by atoms with Gasteiger partial charge in [0.2, 0.25) is 5.82 Å². The van der Waals surface area contributed by atoms with Crippen molar-refractivity contribution in [3.63, 3.8) is 0 Å². The monoisotopic (exact) mass is 498 g/mol. The van der Waals surface area contributed by atoms with Crippen LogP contribution in [0.2, 0.25) is 0 Å². The van der Waals surface area contributed by atoms with E-state index >= 15 is 0 Å². The zero-order valence-corrected chi connectivity index (χ0v) is 20.6. The number of ether oxygens (including phenoxy) is 1. The van der Waals surface area contributed by atoms with Crippen molar-refractivity contribution in [1.82, 2.24) is 20.4 Å². The van der Waals surface area contributed by atoms with Crippen molar-refractivity contribution < 1.29 is 18.4 Å². The lowest BCUT2D eigenvalue weighted by molar-refractivity contribution is 0.205. The van der Waals surface area contributed by atoms with E-state index in [0.717, 1.165) is 16.9 Å². The number of carbonyl (C=O) groups excluding carboxylic acids is 1. The topological polar surface area (TPSA) is 80.5 Å². The molecular weight excluding hydrogens is 471 g/mol. The minimum absolute atomic E-state index is 0.207. The minimum atomic E-state index is -0.517. The molecule has 1 N–H and O–H groups in total. The predicted octanol–water partition coefficient (Wildman–Crippen LogP) is 6.01. The number of urea groups is 1. The number of hydrogen-bond donors (Lipinski definition) is 1. The summed E-state index contributed by atoms with van der Waals surface area (Å²) in [7, 11) is 0. The quantitative estimate of drug-likeness (QED) is 0.322. The highest BCUT2D eigenvalue weighted by Gasteiger charge is 2.35. The van der Waals surface area contributed by atoms with Crippen LogP contribution in [0.5, 0.6) is 5.75 Å². The lowest BCUT2D eigenvalue weighted by Crippen LogP contribution is -2.46. The Kier molecular flexibility index (Phi) is 6.98. The number of hydrogen-bond acceptors (Lipinski definition) is 5. The van der Waals surface area contributed by atoms with Gasteiger partial charge in [0.1, 0.15) is 11.6 Å². The molecule has 5 rings (SSSR count). The number of nitrogens with one attached hydrogen (secondary N) is 1. The van der Waals surface area contributed by atoms with Gasteiger partial charge in [0.05, 0.1) is 18.2 Å². The normalized spacial score (nSPS) is 15.6. The Morgan fingerprint density at radius 1 is 1.05 bits per heavy atom. The molecule has 37 heavy (non-hydrogen) atoms. The maximum Gasteiger partial charge on any atom is 0.322 e. The number of carbonyl (C=O) groups is 1. The molecular formula is C29H27FN4O3. The van der Waals surface area contributed by atoms with E-state index in [1.807, 2.05) is 68.4 Å². The summed E-state index contributed by atoms with van der Waals surface area (Å²) in [6.07, 6.45) is 0.685. The molecule has 0 saturated heterocycles. The highest BCUT2D eigenvalue weighted by molar-refractivity contribution is 5.87. The van der Waals surface area contributed by atoms with E-state index in [-0.39, 0.29) is 23.6 Å². The molecule has 0 aliphatic carbocycles. The van der Waals surface area contributed by atoms with Gasteiger partial charge in [0, 0.05) is 17.8 Å². The summed E-state index contributed by atoms with van der Waals surface area (Å²) in [5, 5.41) is 7.21. The molecule has 2 amide bonds. The molecule has 0 spiro atoms. The third kappa shape index (κ3) is 5.23. The van der Waals surface area contributed by atoms with E-state index in [9.17, 15) is 9.18 Å². The first-order chi connectivity index (χ1) is 18.0. The van der Waals surface area contributed by atoms with E-state index < -0.39 is 6.04 Å². The van der Waals surface area contributed by atoms with Crippen molar-refractivity contribution in [2.24, 2.45) is 0 Å². The molecule has 0 radical (unpaired) electrons. The van der Waals surface area contributed by atoms with Gasteiger partial charge in [-0.2, -0.15) is 4.98 Å². The fraction of sp³-hybridized carbons (Fsp3) is 0.207. The second-order valence-electron chi connectivity index (χ2n) is 8.70. The van der Waals surface area contributed by atoms with Gasteiger partial charge in [0.25, 0.3) is 5.89 Å². The zero-order valence-electron chi connectivity index (χ0n) is 20.6. The second-order valence-corrected chi connectivity index (χ2v) is 8.70. The number of benzene rings is 3. The number of nitrogens with zero attached hydrogens (tertiary/aromatic N) is 3. The summed E-state index contributed by atoms with van der Waals surface area (Å²) in [6.45, 7) is 4.85. The lowest BCUT2D eigenvalue weighted by atomic mass is 9.94. The fourth-order valence-corrected chi connectivity index (χ4v) is 4.46. The van der Waals surface area contributed by atoms with Gasteiger partial charge >= 0.3 is 6.03 Å². The van der Waals surface area contributed by atoms with Crippen LogP contribution in [0, 0.1) is 5.82 Å². The molecule has 2 heterocycles. The van der Waals surface area contributed by atoms with Gasteiger partial charge in [-0.25, -0.2) is 9.18 Å². The van der Waals surface area contributed by atoms with Crippen LogP contribution in [0.3, 0.4) is 0 Å². The maximum atomic E-state index is 13.8. The number of halogens is 1. The smallest absolute Gasteiger partial charge is 0.322 e. The Bertz CT molecular complexity index is 1420. The van der Waals surface area contributed by atoms with Crippen LogP contribution < -0.4 is 10.1 Å². The molecule has 188 valence electrons. The van der Waals surface area contributed by atoms with Crippen molar-refractivity contribution in [2.45, 2.75) is 26.3 Å². The van der Waals surface area contributed by atoms with Crippen molar-refractivity contribution in [2.75, 3.05) is 13.2 Å². The fourth-order valence-electron chi connectivity index (χ4n) is 4.46. The summed E-state index contributed by atoms with van der Waals surface area (Å²) >= 11 is 0. The minimum Gasteiger partial charge on any atom is -0.494 e. The van der Waals surface area contributed by atoms with Crippen molar-refractivity contribution >= 4 is 11.6 Å². The molecule has 0 saturated carbocycles. The van der Waals surface area contributed by atoms with Crippen LogP contribution in [0.1, 0.15) is 36.9 Å². The van der Waals surface area contributed by atoms with Crippen LogP contribution in [0.15, 0.2) is 89.1 Å². The van der Waals surface area contributed by atoms with Gasteiger partial charge in [-0.1, -0.05) is 59.8 Å². The Hall–Kier alpha value is -4.46. The number of rotatable bonds is 8. The first-order valence-electron chi connectivity index (χ1n) is 12.2. The van der Waals surface area contributed by atoms with Crippen LogP contribution in [0.4, 0.5) is 9.18 Å². The molecule has 0 fully saturated rings. The van der Waals surface area contributed by atoms with Gasteiger partial charge < -0.3 is 14.6 Å². The molecule has 1 aromatic heterocycles. The Labute approximate surface area is 214 Å². The Morgan fingerprint density at radius 3 is 2.57 bits per heavy atom. The van der Waals surface area contributed by atoms with Crippen LogP contribution in [-0.2, 0) is 6.42 Å². The summed E-state index contributed by atoms with van der Waals surface area (Å²) in [5.74, 6) is 0.892. The summed E-state index contributed by atoms with van der Waals surface area (Å²) in [5.41, 5.74) is 3.88. The van der Waals surface area contributed by atoms with Crippen LogP contribution >= 0.6 is 0 Å². The van der Waals surface area contributed by atoms with Crippen molar-refractivity contribution in [1.29, 1.82) is 0 Å². The molecule has 1 aliphatic heterocycles. The van der Waals surface area contributed by atoms with Gasteiger partial charge in [-0.05, 0) is 55.7 Å². The highest BCUT2D eigenvalue weighted by Crippen LogP contribution is 2.38. The molecule has 1 aliphatic rings. The van der Waals surface area contributed by atoms with Crippen LogP contribution in [0.25, 0.3) is 17.0 Å². The van der Waals surface area contributed by atoms with Gasteiger partial charge in [0.15, 0.2) is 0 Å². The van der Waals surface area contributed by atoms with Gasteiger partial charge in [-0.3, -0.25) is 4.90 Å². The molecule has 3 aromatic carbocycles. The summed E-state index contributed by atoms with van der Waals surface area (Å²) < 4.78 is 25.1. The lowest BCUT2D eigenvalue weighted by Gasteiger charge is -2.35. The third-order valence-corrected chi connectivity index (χ3v) is 6.33. The Balaban J connectivity index is 1.53.